The van der Waals surface area contributed by atoms with Crippen molar-refractivity contribution in [1.82, 2.24) is 5.32 Å². The highest BCUT2D eigenvalue weighted by molar-refractivity contribution is 7.59. The monoisotopic (exact) mass is 209 g/mol. The molecule has 2 N–H and O–H groups in total. The summed E-state index contributed by atoms with van der Waals surface area (Å²) in [4.78, 5) is 21.2. The topological polar surface area (TPSA) is 75.6 Å². The van der Waals surface area contributed by atoms with Crippen LogP contribution < -0.4 is 5.32 Å². The summed E-state index contributed by atoms with van der Waals surface area (Å²) >= 11 is 0. The second kappa shape index (κ2) is 6.59. The summed E-state index contributed by atoms with van der Waals surface area (Å²) in [6.45, 7) is 3.41. The van der Waals surface area contributed by atoms with Gasteiger partial charge in [-0.15, -0.1) is 0 Å². The lowest BCUT2D eigenvalue weighted by atomic mass is 10.1. The molecule has 0 aromatic carbocycles. The number of carbonyl (C=O) groups excluding carboxylic acids is 1. The van der Waals surface area contributed by atoms with Crippen LogP contribution in [0.25, 0.3) is 0 Å². The number of aliphatic carboxylic acids is 1. The van der Waals surface area contributed by atoms with Crippen molar-refractivity contribution in [2.75, 3.05) is 7.11 Å². The van der Waals surface area contributed by atoms with E-state index in [0.717, 1.165) is 0 Å². The summed E-state index contributed by atoms with van der Waals surface area (Å²) < 4.78 is 4.27. The first-order valence-corrected chi connectivity index (χ1v) is 3.56. The van der Waals surface area contributed by atoms with Crippen LogP contribution in [0.4, 0.5) is 4.79 Å². The summed E-state index contributed by atoms with van der Waals surface area (Å²) in [5, 5.41) is 10.8. The summed E-state index contributed by atoms with van der Waals surface area (Å²) in [7, 11) is 1.19. The molecule has 6 heteroatoms. The summed E-state index contributed by atoms with van der Waals surface area (Å²) in [5.41, 5.74) is 0. The van der Waals surface area contributed by atoms with Gasteiger partial charge in [0.05, 0.1) is 7.11 Å². The number of carbonyl (C=O) groups is 2. The minimum Gasteiger partial charge on any atom is -0.480 e. The standard InChI is InChI=1S/C7H13NO4.H2S/c1-4(2)5(6(9)10)8-7(11)12-3;/h4-5H,1-3H3,(H,8,11)(H,9,10);1H2/t5-;/m0./s1. The molecule has 0 spiro atoms. The molecular formula is C7H15NO4S. The minimum absolute atomic E-state index is 0. The Morgan fingerprint density at radius 2 is 1.85 bits per heavy atom. The Labute approximate surface area is 83.9 Å². The van der Waals surface area contributed by atoms with Crippen molar-refractivity contribution in [3.05, 3.63) is 0 Å². The molecule has 78 valence electrons. The molecule has 0 aromatic heterocycles. The van der Waals surface area contributed by atoms with Crippen LogP contribution in [0.2, 0.25) is 0 Å². The lowest BCUT2D eigenvalue weighted by molar-refractivity contribution is -0.140. The van der Waals surface area contributed by atoms with Crippen molar-refractivity contribution in [3.63, 3.8) is 0 Å². The zero-order valence-corrected chi connectivity index (χ0v) is 8.83. The predicted octanol–water partition coefficient (Wildman–Crippen LogP) is 0.564. The van der Waals surface area contributed by atoms with Gasteiger partial charge in [-0.25, -0.2) is 9.59 Å². The average Bonchev–Trinajstić information content (AvgIpc) is 1.98. The molecule has 13 heavy (non-hydrogen) atoms. The second-order valence-corrected chi connectivity index (χ2v) is 2.70. The second-order valence-electron chi connectivity index (χ2n) is 2.70. The normalized spacial score (nSPS) is 11.4. The molecule has 0 saturated carbocycles. The fourth-order valence-corrected chi connectivity index (χ4v) is 0.699. The molecule has 0 aliphatic heterocycles. The van der Waals surface area contributed by atoms with Crippen molar-refractivity contribution in [3.8, 4) is 0 Å². The minimum atomic E-state index is -1.06. The average molecular weight is 209 g/mol. The van der Waals surface area contributed by atoms with Gasteiger partial charge in [0.1, 0.15) is 6.04 Å². The smallest absolute Gasteiger partial charge is 0.407 e. The van der Waals surface area contributed by atoms with Crippen molar-refractivity contribution in [2.24, 2.45) is 5.92 Å². The van der Waals surface area contributed by atoms with E-state index < -0.39 is 18.1 Å². The Kier molecular flexibility index (Phi) is 7.40. The van der Waals surface area contributed by atoms with E-state index in [1.54, 1.807) is 13.8 Å². The maximum atomic E-state index is 10.6. The van der Waals surface area contributed by atoms with Crippen molar-refractivity contribution >= 4 is 25.6 Å². The number of nitrogens with one attached hydrogen (secondary N) is 1. The molecule has 0 saturated heterocycles. The number of methoxy groups -OCH3 is 1. The predicted molar refractivity (Wildman–Crippen MR) is 52.2 cm³/mol. The number of amides is 1. The highest BCUT2D eigenvalue weighted by Crippen LogP contribution is 2.01. The Balaban J connectivity index is 0. The van der Waals surface area contributed by atoms with Crippen LogP contribution in [-0.4, -0.2) is 30.3 Å². The third-order valence-electron chi connectivity index (χ3n) is 1.39. The van der Waals surface area contributed by atoms with E-state index in [0.29, 0.717) is 0 Å². The quantitative estimate of drug-likeness (QED) is 0.712. The molecule has 0 heterocycles. The molecular weight excluding hydrogens is 194 g/mol. The van der Waals surface area contributed by atoms with Crippen LogP contribution in [-0.2, 0) is 9.53 Å². The number of carboxylic acid groups (broad SMARTS) is 1. The summed E-state index contributed by atoms with van der Waals surface area (Å²) in [6, 6.07) is -0.891. The van der Waals surface area contributed by atoms with Crippen LogP contribution in [0.15, 0.2) is 0 Å². The van der Waals surface area contributed by atoms with Gasteiger partial charge in [-0.3, -0.25) is 0 Å². The molecule has 1 amide bonds. The number of carboxylic acids is 1. The Bertz CT molecular complexity index is 183. The van der Waals surface area contributed by atoms with Crippen LogP contribution in [0.5, 0.6) is 0 Å². The van der Waals surface area contributed by atoms with Crippen molar-refractivity contribution < 1.29 is 19.4 Å². The Morgan fingerprint density at radius 1 is 1.38 bits per heavy atom. The summed E-state index contributed by atoms with van der Waals surface area (Å²) in [6.07, 6.45) is -0.726. The first kappa shape index (κ1) is 14.6. The molecule has 0 aliphatic rings. The van der Waals surface area contributed by atoms with Gasteiger partial charge in [0.15, 0.2) is 0 Å². The summed E-state index contributed by atoms with van der Waals surface area (Å²) in [5.74, 6) is -1.22. The van der Waals surface area contributed by atoms with E-state index in [4.69, 9.17) is 5.11 Å². The fourth-order valence-electron chi connectivity index (χ4n) is 0.699. The first-order valence-electron chi connectivity index (χ1n) is 3.56. The van der Waals surface area contributed by atoms with E-state index >= 15 is 0 Å². The lowest BCUT2D eigenvalue weighted by Gasteiger charge is -2.16. The Morgan fingerprint density at radius 3 is 2.08 bits per heavy atom. The fraction of sp³-hybridized carbons (Fsp3) is 0.714. The third kappa shape index (κ3) is 5.35. The van der Waals surface area contributed by atoms with Gasteiger partial charge in [0.25, 0.3) is 0 Å². The van der Waals surface area contributed by atoms with E-state index in [-0.39, 0.29) is 19.4 Å². The first-order chi connectivity index (χ1) is 5.49. The largest absolute Gasteiger partial charge is 0.480 e. The van der Waals surface area contributed by atoms with Crippen LogP contribution >= 0.6 is 13.5 Å². The van der Waals surface area contributed by atoms with Gasteiger partial charge >= 0.3 is 12.1 Å². The molecule has 1 atom stereocenters. The number of hydrogen-bond donors (Lipinski definition) is 2. The van der Waals surface area contributed by atoms with Gasteiger partial charge in [-0.05, 0) is 5.92 Å². The van der Waals surface area contributed by atoms with Gasteiger partial charge in [-0.1, -0.05) is 13.8 Å². The SMILES string of the molecule is COC(=O)N[C@H](C(=O)O)C(C)C.S. The van der Waals surface area contributed by atoms with Crippen LogP contribution in [0, 0.1) is 5.92 Å². The maximum absolute atomic E-state index is 10.6. The van der Waals surface area contributed by atoms with Crippen molar-refractivity contribution in [2.45, 2.75) is 19.9 Å². The van der Waals surface area contributed by atoms with Crippen molar-refractivity contribution in [1.29, 1.82) is 0 Å². The number of ether oxygens (including phenoxy) is 1. The molecule has 5 nitrogen and oxygen atoms in total. The van der Waals surface area contributed by atoms with Crippen LogP contribution in [0.1, 0.15) is 13.8 Å². The number of hydrogen-bond acceptors (Lipinski definition) is 3. The van der Waals surface area contributed by atoms with Gasteiger partial charge in [-0.2, -0.15) is 13.5 Å². The van der Waals surface area contributed by atoms with Gasteiger partial charge in [0, 0.05) is 0 Å². The van der Waals surface area contributed by atoms with Gasteiger partial charge < -0.3 is 15.2 Å². The Hall–Kier alpha value is -0.910. The highest BCUT2D eigenvalue weighted by atomic mass is 32.1. The molecule has 0 fully saturated rings. The number of rotatable bonds is 3. The zero-order chi connectivity index (χ0) is 9.72. The highest BCUT2D eigenvalue weighted by Gasteiger charge is 2.23. The molecule has 0 unspecified atom stereocenters. The van der Waals surface area contributed by atoms with E-state index in [9.17, 15) is 9.59 Å². The zero-order valence-electron chi connectivity index (χ0n) is 7.83. The number of alkyl carbamates (subject to hydrolysis) is 1. The van der Waals surface area contributed by atoms with E-state index in [1.807, 2.05) is 0 Å². The van der Waals surface area contributed by atoms with E-state index in [1.165, 1.54) is 7.11 Å². The molecule has 0 rings (SSSR count). The van der Waals surface area contributed by atoms with E-state index in [2.05, 4.69) is 10.1 Å². The maximum Gasteiger partial charge on any atom is 0.407 e. The molecule has 0 radical (unpaired) electrons. The molecule has 0 bridgehead atoms. The lowest BCUT2D eigenvalue weighted by Crippen LogP contribution is -2.44. The van der Waals surface area contributed by atoms with Crippen LogP contribution in [0.3, 0.4) is 0 Å². The van der Waals surface area contributed by atoms with Gasteiger partial charge in [0.2, 0.25) is 0 Å². The molecule has 0 aliphatic carbocycles. The third-order valence-corrected chi connectivity index (χ3v) is 1.39. The molecule has 0 aromatic rings.